The summed E-state index contributed by atoms with van der Waals surface area (Å²) < 4.78 is 26.9. The van der Waals surface area contributed by atoms with Gasteiger partial charge in [0.25, 0.3) is 0 Å². The Morgan fingerprint density at radius 1 is 1.19 bits per heavy atom. The van der Waals surface area contributed by atoms with Crippen LogP contribution in [0.15, 0.2) is 47.4 Å². The van der Waals surface area contributed by atoms with E-state index in [1.807, 2.05) is 30.8 Å². The van der Waals surface area contributed by atoms with Gasteiger partial charge in [0.15, 0.2) is 0 Å². The van der Waals surface area contributed by atoms with Crippen molar-refractivity contribution in [3.8, 4) is 0 Å². The van der Waals surface area contributed by atoms with E-state index in [0.29, 0.717) is 5.56 Å². The molecule has 0 saturated heterocycles. The van der Waals surface area contributed by atoms with E-state index in [4.69, 9.17) is 0 Å². The molecule has 1 aliphatic heterocycles. The summed E-state index contributed by atoms with van der Waals surface area (Å²) in [6.45, 7) is 1.92. The van der Waals surface area contributed by atoms with E-state index >= 15 is 0 Å². The minimum Gasteiger partial charge on any atom is -0.303 e. The normalized spacial score (nSPS) is 19.1. The number of thioether (sulfide) groups is 1. The fourth-order valence-corrected chi connectivity index (χ4v) is 3.88. The lowest BCUT2D eigenvalue weighted by molar-refractivity contribution is 0.436. The van der Waals surface area contributed by atoms with Crippen LogP contribution < -0.4 is 5.32 Å². The third-order valence-electron chi connectivity index (χ3n) is 3.84. The first-order valence-electron chi connectivity index (χ1n) is 7.08. The van der Waals surface area contributed by atoms with Gasteiger partial charge >= 0.3 is 0 Å². The minimum atomic E-state index is -0.539. The number of halogens is 2. The van der Waals surface area contributed by atoms with Gasteiger partial charge in [0, 0.05) is 28.6 Å². The molecule has 1 aliphatic rings. The summed E-state index contributed by atoms with van der Waals surface area (Å²) in [5, 5.41) is 3.48. The van der Waals surface area contributed by atoms with Gasteiger partial charge in [-0.1, -0.05) is 24.3 Å². The average Bonchev–Trinajstić information content (AvgIpc) is 2.47. The summed E-state index contributed by atoms with van der Waals surface area (Å²) in [7, 11) is 0. The molecular weight excluding hydrogens is 288 g/mol. The number of hydrogen-bond donors (Lipinski definition) is 1. The lowest BCUT2D eigenvalue weighted by Crippen LogP contribution is -2.27. The number of benzene rings is 2. The Morgan fingerprint density at radius 2 is 2.00 bits per heavy atom. The SMILES string of the molecule is CC(NC1CCSc2ccccc21)c1ccc(F)cc1F. The van der Waals surface area contributed by atoms with Crippen LogP contribution in [-0.4, -0.2) is 5.75 Å². The topological polar surface area (TPSA) is 12.0 Å². The highest BCUT2D eigenvalue weighted by molar-refractivity contribution is 7.99. The van der Waals surface area contributed by atoms with Crippen LogP contribution in [0.5, 0.6) is 0 Å². The number of fused-ring (bicyclic) bond motifs is 1. The molecule has 0 aliphatic carbocycles. The molecule has 2 aromatic rings. The van der Waals surface area contributed by atoms with Crippen molar-refractivity contribution in [1.82, 2.24) is 5.32 Å². The Morgan fingerprint density at radius 3 is 2.81 bits per heavy atom. The molecule has 21 heavy (non-hydrogen) atoms. The smallest absolute Gasteiger partial charge is 0.130 e. The predicted molar refractivity (Wildman–Crippen MR) is 82.4 cm³/mol. The molecule has 2 aromatic carbocycles. The van der Waals surface area contributed by atoms with E-state index < -0.39 is 11.6 Å². The van der Waals surface area contributed by atoms with Crippen LogP contribution in [0.4, 0.5) is 8.78 Å². The zero-order valence-corrected chi connectivity index (χ0v) is 12.6. The van der Waals surface area contributed by atoms with Crippen LogP contribution >= 0.6 is 11.8 Å². The molecule has 0 fully saturated rings. The molecule has 1 nitrogen and oxygen atoms in total. The third-order valence-corrected chi connectivity index (χ3v) is 4.96. The third kappa shape index (κ3) is 3.11. The van der Waals surface area contributed by atoms with E-state index in [-0.39, 0.29) is 12.1 Å². The molecule has 4 heteroatoms. The molecule has 2 unspecified atom stereocenters. The van der Waals surface area contributed by atoms with E-state index in [2.05, 4.69) is 17.4 Å². The summed E-state index contributed by atoms with van der Waals surface area (Å²) >= 11 is 1.86. The molecule has 110 valence electrons. The lowest BCUT2D eigenvalue weighted by Gasteiger charge is -2.29. The van der Waals surface area contributed by atoms with Crippen LogP contribution in [0.2, 0.25) is 0 Å². The van der Waals surface area contributed by atoms with Gasteiger partial charge < -0.3 is 5.32 Å². The maximum atomic E-state index is 13.9. The van der Waals surface area contributed by atoms with Crippen molar-refractivity contribution in [3.05, 3.63) is 65.2 Å². The molecule has 0 bridgehead atoms. The standard InChI is InChI=1S/C17H17F2NS/c1-11(13-7-6-12(18)10-15(13)19)20-16-8-9-21-17-5-3-2-4-14(16)17/h2-7,10-11,16,20H,8-9H2,1H3. The van der Waals surface area contributed by atoms with Gasteiger partial charge in [0.05, 0.1) is 0 Å². The Kier molecular flexibility index (Phi) is 4.27. The Labute approximate surface area is 127 Å². The molecule has 3 rings (SSSR count). The van der Waals surface area contributed by atoms with E-state index in [1.54, 1.807) is 0 Å². The Hall–Kier alpha value is -1.39. The Bertz CT molecular complexity index is 644. The lowest BCUT2D eigenvalue weighted by atomic mass is 10.0. The maximum absolute atomic E-state index is 13.9. The van der Waals surface area contributed by atoms with Crippen molar-refractivity contribution < 1.29 is 8.78 Å². The molecule has 0 saturated carbocycles. The summed E-state index contributed by atoms with van der Waals surface area (Å²) in [6, 6.07) is 12.1. The van der Waals surface area contributed by atoms with Crippen LogP contribution in [0, 0.1) is 11.6 Å². The van der Waals surface area contributed by atoms with Crippen LogP contribution in [0.25, 0.3) is 0 Å². The summed E-state index contributed by atoms with van der Waals surface area (Å²) in [5.74, 6) is 0.0177. The second-order valence-electron chi connectivity index (χ2n) is 5.28. The molecule has 1 N–H and O–H groups in total. The van der Waals surface area contributed by atoms with Gasteiger partial charge in [-0.15, -0.1) is 11.8 Å². The first-order valence-corrected chi connectivity index (χ1v) is 8.06. The summed E-state index contributed by atoms with van der Waals surface area (Å²) in [6.07, 6.45) is 1.01. The minimum absolute atomic E-state index is 0.160. The van der Waals surface area contributed by atoms with Crippen LogP contribution in [0.3, 0.4) is 0 Å². The molecule has 1 heterocycles. The largest absolute Gasteiger partial charge is 0.303 e. The average molecular weight is 305 g/mol. The zero-order chi connectivity index (χ0) is 14.8. The molecule has 2 atom stereocenters. The van der Waals surface area contributed by atoms with Crippen molar-refractivity contribution in [2.75, 3.05) is 5.75 Å². The van der Waals surface area contributed by atoms with Crippen molar-refractivity contribution in [1.29, 1.82) is 0 Å². The molecular formula is C17H17F2NS. The predicted octanol–water partition coefficient (Wildman–Crippen LogP) is 4.85. The van der Waals surface area contributed by atoms with Crippen LogP contribution in [-0.2, 0) is 0 Å². The summed E-state index contributed by atoms with van der Waals surface area (Å²) in [4.78, 5) is 1.29. The van der Waals surface area contributed by atoms with Crippen molar-refractivity contribution >= 4 is 11.8 Å². The second kappa shape index (κ2) is 6.16. The fourth-order valence-electron chi connectivity index (χ4n) is 2.76. The fraction of sp³-hybridized carbons (Fsp3) is 0.294. The molecule has 0 radical (unpaired) electrons. The second-order valence-corrected chi connectivity index (χ2v) is 6.42. The molecule has 0 aromatic heterocycles. The molecule has 0 spiro atoms. The summed E-state index contributed by atoms with van der Waals surface area (Å²) in [5.41, 5.74) is 1.77. The monoisotopic (exact) mass is 305 g/mol. The highest BCUT2D eigenvalue weighted by Crippen LogP contribution is 2.37. The highest BCUT2D eigenvalue weighted by atomic mass is 32.2. The number of nitrogens with one attached hydrogen (secondary N) is 1. The van der Waals surface area contributed by atoms with Crippen molar-refractivity contribution in [2.45, 2.75) is 30.3 Å². The van der Waals surface area contributed by atoms with Crippen molar-refractivity contribution in [3.63, 3.8) is 0 Å². The van der Waals surface area contributed by atoms with E-state index in [1.165, 1.54) is 22.6 Å². The quantitative estimate of drug-likeness (QED) is 0.869. The maximum Gasteiger partial charge on any atom is 0.130 e. The van der Waals surface area contributed by atoms with Gasteiger partial charge in [-0.2, -0.15) is 0 Å². The highest BCUT2D eigenvalue weighted by Gasteiger charge is 2.23. The van der Waals surface area contributed by atoms with E-state index in [0.717, 1.165) is 18.2 Å². The number of rotatable bonds is 3. The van der Waals surface area contributed by atoms with Gasteiger partial charge in [0.2, 0.25) is 0 Å². The van der Waals surface area contributed by atoms with E-state index in [9.17, 15) is 8.78 Å². The first kappa shape index (κ1) is 14.5. The van der Waals surface area contributed by atoms with Crippen molar-refractivity contribution in [2.24, 2.45) is 0 Å². The number of hydrogen-bond acceptors (Lipinski definition) is 2. The van der Waals surface area contributed by atoms with Crippen LogP contribution in [0.1, 0.15) is 36.6 Å². The van der Waals surface area contributed by atoms with Gasteiger partial charge in [0.1, 0.15) is 11.6 Å². The molecule has 0 amide bonds. The Balaban J connectivity index is 1.81. The van der Waals surface area contributed by atoms with Gasteiger partial charge in [-0.25, -0.2) is 8.78 Å². The van der Waals surface area contributed by atoms with Gasteiger partial charge in [-0.3, -0.25) is 0 Å². The first-order chi connectivity index (χ1) is 10.1. The zero-order valence-electron chi connectivity index (χ0n) is 11.8. The van der Waals surface area contributed by atoms with Gasteiger partial charge in [-0.05, 0) is 36.8 Å².